The second-order valence-corrected chi connectivity index (χ2v) is 7.19. The molecule has 0 bridgehead atoms. The molecule has 0 aliphatic rings. The molecule has 1 aromatic carbocycles. The molecule has 0 fully saturated rings. The van der Waals surface area contributed by atoms with Gasteiger partial charge in [-0.05, 0) is 37.3 Å². The highest BCUT2D eigenvalue weighted by Gasteiger charge is 2.08. The average Bonchev–Trinajstić information content (AvgIpc) is 3.08. The topological polar surface area (TPSA) is 58.5 Å². The first-order chi connectivity index (χ1) is 13.1. The van der Waals surface area contributed by atoms with Crippen molar-refractivity contribution in [2.75, 3.05) is 7.05 Å². The number of nitrogens with one attached hydrogen (secondary N) is 2. The molecule has 7 heteroatoms. The smallest absolute Gasteiger partial charge is 0.224 e. The van der Waals surface area contributed by atoms with E-state index in [1.165, 1.54) is 21.9 Å². The van der Waals surface area contributed by atoms with Crippen molar-refractivity contribution in [3.8, 4) is 11.6 Å². The summed E-state index contributed by atoms with van der Waals surface area (Å²) in [5.41, 5.74) is 0.844. The van der Waals surface area contributed by atoms with Crippen molar-refractivity contribution in [3.63, 3.8) is 0 Å². The van der Waals surface area contributed by atoms with Crippen molar-refractivity contribution < 1.29 is 9.13 Å². The molecule has 5 nitrogen and oxygen atoms in total. The fraction of sp³-hybridized carbons (Fsp3) is 0.200. The summed E-state index contributed by atoms with van der Waals surface area (Å²) >= 11 is 1.75. The zero-order valence-corrected chi connectivity index (χ0v) is 16.0. The van der Waals surface area contributed by atoms with Crippen LogP contribution < -0.4 is 15.4 Å². The summed E-state index contributed by atoms with van der Waals surface area (Å²) in [5, 5.41) is 6.53. The lowest BCUT2D eigenvalue weighted by atomic mass is 10.2. The van der Waals surface area contributed by atoms with Crippen LogP contribution in [0.25, 0.3) is 0 Å². The Morgan fingerprint density at radius 1 is 1.15 bits per heavy atom. The van der Waals surface area contributed by atoms with E-state index in [0.29, 0.717) is 30.7 Å². The van der Waals surface area contributed by atoms with Crippen LogP contribution in [0.2, 0.25) is 0 Å². The number of guanidine groups is 1. The van der Waals surface area contributed by atoms with Crippen molar-refractivity contribution in [1.29, 1.82) is 0 Å². The molecule has 3 rings (SSSR count). The number of thiophene rings is 1. The molecule has 0 aliphatic carbocycles. The van der Waals surface area contributed by atoms with Crippen LogP contribution in [-0.2, 0) is 13.1 Å². The van der Waals surface area contributed by atoms with Gasteiger partial charge in [0.05, 0.1) is 6.54 Å². The standard InChI is InChI=1S/C20H21FN4OS/c1-14-8-9-18(27-14)13-25-20(22-2)24-12-15-5-4-10-23-19(15)26-17-7-3-6-16(21)11-17/h3-11H,12-13H2,1-2H3,(H2,22,24,25). The summed E-state index contributed by atoms with van der Waals surface area (Å²) in [4.78, 5) is 11.0. The van der Waals surface area contributed by atoms with E-state index in [0.717, 1.165) is 5.56 Å². The van der Waals surface area contributed by atoms with Crippen molar-refractivity contribution >= 4 is 17.3 Å². The number of halogens is 1. The van der Waals surface area contributed by atoms with E-state index in [1.807, 2.05) is 12.1 Å². The summed E-state index contributed by atoms with van der Waals surface area (Å²) in [5.74, 6) is 1.17. The van der Waals surface area contributed by atoms with Crippen molar-refractivity contribution in [1.82, 2.24) is 15.6 Å². The monoisotopic (exact) mass is 384 g/mol. The van der Waals surface area contributed by atoms with Gasteiger partial charge in [0.15, 0.2) is 5.96 Å². The second-order valence-electron chi connectivity index (χ2n) is 5.82. The first-order valence-electron chi connectivity index (χ1n) is 8.51. The predicted molar refractivity (Wildman–Crippen MR) is 107 cm³/mol. The lowest BCUT2D eigenvalue weighted by molar-refractivity contribution is 0.450. The maximum Gasteiger partial charge on any atom is 0.224 e. The van der Waals surface area contributed by atoms with Gasteiger partial charge < -0.3 is 15.4 Å². The Hall–Kier alpha value is -2.93. The molecule has 2 aromatic heterocycles. The maximum atomic E-state index is 13.4. The van der Waals surface area contributed by atoms with Gasteiger partial charge in [0, 0.05) is 41.2 Å². The van der Waals surface area contributed by atoms with Crippen molar-refractivity contribution in [2.24, 2.45) is 4.99 Å². The quantitative estimate of drug-likeness (QED) is 0.493. The highest BCUT2D eigenvalue weighted by atomic mass is 32.1. The fourth-order valence-corrected chi connectivity index (χ4v) is 3.27. The Bertz CT molecular complexity index is 926. The average molecular weight is 384 g/mol. The molecule has 3 aromatic rings. The highest BCUT2D eigenvalue weighted by Crippen LogP contribution is 2.23. The number of aromatic nitrogens is 1. The normalized spacial score (nSPS) is 11.3. The summed E-state index contributed by atoms with van der Waals surface area (Å²) < 4.78 is 19.1. The zero-order chi connectivity index (χ0) is 19.1. The van der Waals surface area contributed by atoms with E-state index >= 15 is 0 Å². The third-order valence-corrected chi connectivity index (χ3v) is 4.76. The lowest BCUT2D eigenvalue weighted by Crippen LogP contribution is -2.36. The number of rotatable bonds is 6. The number of ether oxygens (including phenoxy) is 1. The minimum atomic E-state index is -0.350. The van der Waals surface area contributed by atoms with Crippen molar-refractivity contribution in [2.45, 2.75) is 20.0 Å². The van der Waals surface area contributed by atoms with Gasteiger partial charge in [-0.3, -0.25) is 4.99 Å². The molecule has 0 saturated heterocycles. The van der Waals surface area contributed by atoms with E-state index in [9.17, 15) is 4.39 Å². The number of aryl methyl sites for hydroxylation is 1. The summed E-state index contributed by atoms with van der Waals surface area (Å²) in [6, 6.07) is 13.9. The molecule has 0 unspecified atom stereocenters. The van der Waals surface area contributed by atoms with E-state index in [4.69, 9.17) is 4.74 Å². The van der Waals surface area contributed by atoms with Gasteiger partial charge in [0.2, 0.25) is 5.88 Å². The summed E-state index contributed by atoms with van der Waals surface area (Å²) in [7, 11) is 1.72. The SMILES string of the molecule is CN=C(NCc1ccc(C)s1)NCc1cccnc1Oc1cccc(F)c1. The molecule has 0 aliphatic heterocycles. The Balaban J connectivity index is 1.61. The summed E-state index contributed by atoms with van der Waals surface area (Å²) in [6.07, 6.45) is 1.64. The van der Waals surface area contributed by atoms with Crippen molar-refractivity contribution in [3.05, 3.63) is 75.9 Å². The molecule has 27 heavy (non-hydrogen) atoms. The van der Waals surface area contributed by atoms with Crippen LogP contribution in [0.1, 0.15) is 15.3 Å². The second kappa shape index (κ2) is 9.14. The molecule has 0 atom stereocenters. The number of pyridine rings is 1. The minimum Gasteiger partial charge on any atom is -0.439 e. The van der Waals surface area contributed by atoms with Crippen LogP contribution in [-0.4, -0.2) is 18.0 Å². The molecule has 0 saturated carbocycles. The first kappa shape index (κ1) is 18.8. The molecule has 2 N–H and O–H groups in total. The number of nitrogens with zero attached hydrogens (tertiary/aromatic N) is 2. The fourth-order valence-electron chi connectivity index (χ4n) is 2.44. The van der Waals surface area contributed by atoms with Crippen LogP contribution in [0.15, 0.2) is 59.7 Å². The van der Waals surface area contributed by atoms with Gasteiger partial charge >= 0.3 is 0 Å². The van der Waals surface area contributed by atoms with Gasteiger partial charge in [-0.25, -0.2) is 9.37 Å². The van der Waals surface area contributed by atoms with Gasteiger partial charge in [0.25, 0.3) is 0 Å². The molecule has 140 valence electrons. The van der Waals surface area contributed by atoms with E-state index < -0.39 is 0 Å². The van der Waals surface area contributed by atoms with E-state index in [-0.39, 0.29) is 5.82 Å². The number of benzene rings is 1. The molecular formula is C20H21FN4OS. The molecule has 2 heterocycles. The third-order valence-electron chi connectivity index (χ3n) is 3.76. The van der Waals surface area contributed by atoms with Crippen LogP contribution in [0.4, 0.5) is 4.39 Å². The van der Waals surface area contributed by atoms with Gasteiger partial charge in [-0.1, -0.05) is 12.1 Å². The van der Waals surface area contributed by atoms with Gasteiger partial charge in [-0.15, -0.1) is 11.3 Å². The summed E-state index contributed by atoms with van der Waals surface area (Å²) in [6.45, 7) is 3.27. The van der Waals surface area contributed by atoms with Gasteiger partial charge in [-0.2, -0.15) is 0 Å². The Kier molecular flexibility index (Phi) is 6.38. The molecule has 0 amide bonds. The Morgan fingerprint density at radius 3 is 2.74 bits per heavy atom. The van der Waals surface area contributed by atoms with Crippen LogP contribution in [0.3, 0.4) is 0 Å². The molecular weight excluding hydrogens is 363 g/mol. The zero-order valence-electron chi connectivity index (χ0n) is 15.2. The van der Waals surface area contributed by atoms with Crippen LogP contribution in [0.5, 0.6) is 11.6 Å². The number of hydrogen-bond donors (Lipinski definition) is 2. The predicted octanol–water partition coefficient (Wildman–Crippen LogP) is 4.25. The number of hydrogen-bond acceptors (Lipinski definition) is 4. The van der Waals surface area contributed by atoms with Crippen LogP contribution >= 0.6 is 11.3 Å². The van der Waals surface area contributed by atoms with Gasteiger partial charge in [0.1, 0.15) is 11.6 Å². The lowest BCUT2D eigenvalue weighted by Gasteiger charge is -2.13. The molecule has 0 radical (unpaired) electrons. The number of aliphatic imine (C=N–C) groups is 1. The van der Waals surface area contributed by atoms with E-state index in [2.05, 4.69) is 39.7 Å². The first-order valence-corrected chi connectivity index (χ1v) is 9.33. The highest BCUT2D eigenvalue weighted by molar-refractivity contribution is 7.11. The largest absolute Gasteiger partial charge is 0.439 e. The minimum absolute atomic E-state index is 0.350. The van der Waals surface area contributed by atoms with Crippen LogP contribution in [0, 0.1) is 12.7 Å². The van der Waals surface area contributed by atoms with E-state index in [1.54, 1.807) is 36.7 Å². The third kappa shape index (κ3) is 5.52. The Morgan fingerprint density at radius 2 is 2.00 bits per heavy atom. The Labute approximate surface area is 162 Å². The molecule has 0 spiro atoms. The maximum absolute atomic E-state index is 13.4.